The van der Waals surface area contributed by atoms with Gasteiger partial charge in [-0.25, -0.2) is 13.1 Å². The molecular formula is C18H20Cl2N2O4S2. The number of nitrogens with one attached hydrogen (secondary N) is 2. The Balaban J connectivity index is 1.94. The van der Waals surface area contributed by atoms with Gasteiger partial charge in [0.1, 0.15) is 5.75 Å². The molecule has 0 atom stereocenters. The van der Waals surface area contributed by atoms with E-state index in [1.165, 1.54) is 32.4 Å². The monoisotopic (exact) mass is 462 g/mol. The van der Waals surface area contributed by atoms with E-state index < -0.39 is 15.9 Å². The molecule has 0 saturated heterocycles. The third-order valence-electron chi connectivity index (χ3n) is 3.74. The van der Waals surface area contributed by atoms with Crippen LogP contribution in [0.3, 0.4) is 0 Å². The lowest BCUT2D eigenvalue weighted by atomic mass is 10.2. The van der Waals surface area contributed by atoms with Crippen LogP contribution in [0.15, 0.2) is 41.3 Å². The zero-order chi connectivity index (χ0) is 20.7. The number of hydrogen-bond acceptors (Lipinski definition) is 5. The van der Waals surface area contributed by atoms with Crippen molar-refractivity contribution in [2.75, 3.05) is 26.5 Å². The summed E-state index contributed by atoms with van der Waals surface area (Å²) in [7, 11) is -0.864. The van der Waals surface area contributed by atoms with Crippen molar-refractivity contribution < 1.29 is 17.9 Å². The zero-order valence-electron chi connectivity index (χ0n) is 15.3. The highest BCUT2D eigenvalue weighted by atomic mass is 35.5. The molecule has 28 heavy (non-hydrogen) atoms. The van der Waals surface area contributed by atoms with E-state index in [0.717, 1.165) is 5.56 Å². The van der Waals surface area contributed by atoms with Crippen LogP contribution in [0.1, 0.15) is 15.9 Å². The summed E-state index contributed by atoms with van der Waals surface area (Å²) in [4.78, 5) is 11.9. The van der Waals surface area contributed by atoms with Gasteiger partial charge in [-0.3, -0.25) is 4.79 Å². The number of benzene rings is 2. The lowest BCUT2D eigenvalue weighted by Crippen LogP contribution is -2.27. The quantitative estimate of drug-likeness (QED) is 0.556. The molecule has 0 aliphatic carbocycles. The highest BCUT2D eigenvalue weighted by molar-refractivity contribution is 7.98. The maximum absolute atomic E-state index is 12.5. The van der Waals surface area contributed by atoms with E-state index in [9.17, 15) is 13.2 Å². The number of sulfonamides is 1. The lowest BCUT2D eigenvalue weighted by molar-refractivity contribution is 0.0960. The highest BCUT2D eigenvalue weighted by Gasteiger charge is 2.19. The topological polar surface area (TPSA) is 84.5 Å². The first-order valence-corrected chi connectivity index (χ1v) is 11.6. The molecule has 2 rings (SSSR count). The summed E-state index contributed by atoms with van der Waals surface area (Å²) < 4.78 is 32.6. The van der Waals surface area contributed by atoms with Gasteiger partial charge in [0, 0.05) is 25.1 Å². The first-order chi connectivity index (χ1) is 13.3. The number of amides is 1. The smallest absolute Gasteiger partial charge is 0.254 e. The Kier molecular flexibility index (Phi) is 8.45. The molecule has 2 aromatic rings. The Morgan fingerprint density at radius 3 is 2.54 bits per heavy atom. The average molecular weight is 463 g/mol. The number of thioether (sulfide) groups is 1. The van der Waals surface area contributed by atoms with Gasteiger partial charge in [0.2, 0.25) is 10.0 Å². The molecule has 0 unspecified atom stereocenters. The Hall–Kier alpha value is -1.45. The van der Waals surface area contributed by atoms with E-state index in [1.807, 2.05) is 6.07 Å². The standard InChI is InChI=1S/C18H20Cl2N2O4S2/c1-21-18(23)14-10-13(4-6-17(14)26-2)28(24,25)22-7-8-27-11-12-3-5-15(19)16(20)9-12/h3-6,9-10,22H,7-8,11H2,1-2H3,(H,21,23). The first-order valence-electron chi connectivity index (χ1n) is 8.20. The zero-order valence-corrected chi connectivity index (χ0v) is 18.4. The summed E-state index contributed by atoms with van der Waals surface area (Å²) in [5.41, 5.74) is 1.16. The average Bonchev–Trinajstić information content (AvgIpc) is 2.69. The van der Waals surface area contributed by atoms with Crippen LogP contribution in [0.4, 0.5) is 0 Å². The van der Waals surface area contributed by atoms with Crippen LogP contribution in [0.5, 0.6) is 5.75 Å². The molecule has 2 N–H and O–H groups in total. The van der Waals surface area contributed by atoms with E-state index in [0.29, 0.717) is 27.3 Å². The third-order valence-corrected chi connectivity index (χ3v) is 6.97. The van der Waals surface area contributed by atoms with Gasteiger partial charge in [-0.05, 0) is 35.9 Å². The Bertz CT molecular complexity index is 953. The number of rotatable bonds is 9. The van der Waals surface area contributed by atoms with Crippen molar-refractivity contribution in [1.82, 2.24) is 10.0 Å². The molecule has 1 amide bonds. The number of halogens is 2. The van der Waals surface area contributed by atoms with Gasteiger partial charge >= 0.3 is 0 Å². The van der Waals surface area contributed by atoms with Crippen LogP contribution in [0.2, 0.25) is 10.0 Å². The van der Waals surface area contributed by atoms with E-state index in [2.05, 4.69) is 10.0 Å². The van der Waals surface area contributed by atoms with Gasteiger partial charge in [-0.1, -0.05) is 29.3 Å². The number of hydrogen-bond donors (Lipinski definition) is 2. The summed E-state index contributed by atoms with van der Waals surface area (Å²) in [5.74, 6) is 1.13. The first kappa shape index (κ1) is 22.8. The number of carbonyl (C=O) groups is 1. The van der Waals surface area contributed by atoms with Crippen LogP contribution < -0.4 is 14.8 Å². The van der Waals surface area contributed by atoms with Crippen LogP contribution in [0, 0.1) is 0 Å². The summed E-state index contributed by atoms with van der Waals surface area (Å²) in [6, 6.07) is 9.55. The van der Waals surface area contributed by atoms with Crippen molar-refractivity contribution in [3.63, 3.8) is 0 Å². The van der Waals surface area contributed by atoms with Gasteiger partial charge in [0.25, 0.3) is 5.91 Å². The number of methoxy groups -OCH3 is 1. The molecule has 0 aromatic heterocycles. The Morgan fingerprint density at radius 2 is 1.89 bits per heavy atom. The minimum absolute atomic E-state index is 0.00128. The maximum atomic E-state index is 12.5. The van der Waals surface area contributed by atoms with Crippen LogP contribution in [-0.2, 0) is 15.8 Å². The minimum Gasteiger partial charge on any atom is -0.496 e. The van der Waals surface area contributed by atoms with Gasteiger partial charge in [-0.2, -0.15) is 11.8 Å². The highest BCUT2D eigenvalue weighted by Crippen LogP contribution is 2.25. The van der Waals surface area contributed by atoms with Gasteiger partial charge in [0.15, 0.2) is 0 Å². The molecular weight excluding hydrogens is 443 g/mol. The van der Waals surface area contributed by atoms with Gasteiger partial charge in [-0.15, -0.1) is 0 Å². The minimum atomic E-state index is -3.74. The SMILES string of the molecule is CNC(=O)c1cc(S(=O)(=O)NCCSCc2ccc(Cl)c(Cl)c2)ccc1OC. The van der Waals surface area contributed by atoms with Crippen LogP contribution >= 0.6 is 35.0 Å². The van der Waals surface area contributed by atoms with Crippen molar-refractivity contribution in [2.45, 2.75) is 10.6 Å². The normalized spacial score (nSPS) is 11.3. The number of ether oxygens (including phenoxy) is 1. The van der Waals surface area contributed by atoms with E-state index >= 15 is 0 Å². The fourth-order valence-corrected chi connectivity index (χ4v) is 4.63. The van der Waals surface area contributed by atoms with Gasteiger partial charge < -0.3 is 10.1 Å². The second kappa shape index (κ2) is 10.4. The molecule has 2 aromatic carbocycles. The summed E-state index contributed by atoms with van der Waals surface area (Å²) in [6.07, 6.45) is 0. The summed E-state index contributed by atoms with van der Waals surface area (Å²) in [6.45, 7) is 0.246. The number of carbonyl (C=O) groups excluding carboxylic acids is 1. The maximum Gasteiger partial charge on any atom is 0.254 e. The predicted octanol–water partition coefficient (Wildman–Crippen LogP) is 3.57. The fraction of sp³-hybridized carbons (Fsp3) is 0.278. The molecule has 0 spiro atoms. The molecule has 6 nitrogen and oxygen atoms in total. The van der Waals surface area contributed by atoms with Crippen LogP contribution in [0.25, 0.3) is 0 Å². The molecule has 10 heteroatoms. The van der Waals surface area contributed by atoms with Crippen molar-refractivity contribution >= 4 is 50.9 Å². The van der Waals surface area contributed by atoms with E-state index in [1.54, 1.807) is 23.9 Å². The Labute approximate surface area is 179 Å². The third kappa shape index (κ3) is 6.02. The van der Waals surface area contributed by atoms with Crippen LogP contribution in [-0.4, -0.2) is 40.8 Å². The molecule has 0 saturated carbocycles. The lowest BCUT2D eigenvalue weighted by Gasteiger charge is -2.11. The van der Waals surface area contributed by atoms with Gasteiger partial charge in [0.05, 0.1) is 27.6 Å². The van der Waals surface area contributed by atoms with Crippen molar-refractivity contribution in [2.24, 2.45) is 0 Å². The summed E-state index contributed by atoms with van der Waals surface area (Å²) >= 11 is 13.4. The molecule has 0 fully saturated rings. The molecule has 0 aliphatic heterocycles. The largest absolute Gasteiger partial charge is 0.496 e. The van der Waals surface area contributed by atoms with Crippen molar-refractivity contribution in [3.05, 3.63) is 57.6 Å². The molecule has 0 heterocycles. The molecule has 0 aliphatic rings. The van der Waals surface area contributed by atoms with Crippen molar-refractivity contribution in [3.8, 4) is 5.75 Å². The van der Waals surface area contributed by atoms with E-state index in [4.69, 9.17) is 27.9 Å². The van der Waals surface area contributed by atoms with E-state index in [-0.39, 0.29) is 17.0 Å². The molecule has 0 bridgehead atoms. The second-order valence-electron chi connectivity index (χ2n) is 5.64. The molecule has 152 valence electrons. The summed E-state index contributed by atoms with van der Waals surface area (Å²) in [5, 5.41) is 3.45. The Morgan fingerprint density at radius 1 is 1.14 bits per heavy atom. The second-order valence-corrected chi connectivity index (χ2v) is 9.33. The van der Waals surface area contributed by atoms with Crippen molar-refractivity contribution in [1.29, 1.82) is 0 Å². The fourth-order valence-electron chi connectivity index (χ4n) is 2.32. The molecule has 0 radical (unpaired) electrons. The predicted molar refractivity (Wildman–Crippen MR) is 114 cm³/mol.